The average molecular weight is 443 g/mol. The van der Waals surface area contributed by atoms with Crippen molar-refractivity contribution in [3.8, 4) is 0 Å². The summed E-state index contributed by atoms with van der Waals surface area (Å²) in [7, 11) is -3.59. The molecule has 134 valence electrons. The van der Waals surface area contributed by atoms with E-state index >= 15 is 0 Å². The Morgan fingerprint density at radius 1 is 1.28 bits per heavy atom. The van der Waals surface area contributed by atoms with Gasteiger partial charge in [0.15, 0.2) is 0 Å². The Bertz CT molecular complexity index is 820. The second-order valence-electron chi connectivity index (χ2n) is 5.90. The molecule has 1 aromatic carbocycles. The lowest BCUT2D eigenvalue weighted by Crippen LogP contribution is -2.34. The van der Waals surface area contributed by atoms with Gasteiger partial charge in [0.25, 0.3) is 0 Å². The second-order valence-corrected chi connectivity index (χ2v) is 9.37. The number of nitrogens with zero attached hydrogens (tertiary/aromatic N) is 1. The summed E-state index contributed by atoms with van der Waals surface area (Å²) in [6.07, 6.45) is 2.11. The van der Waals surface area contributed by atoms with Crippen LogP contribution in [0.4, 0.5) is 0 Å². The van der Waals surface area contributed by atoms with Crippen LogP contribution in [0.1, 0.15) is 30.9 Å². The first-order valence-electron chi connectivity index (χ1n) is 8.04. The maximum atomic E-state index is 12.5. The highest BCUT2D eigenvalue weighted by molar-refractivity contribution is 9.10. The summed E-state index contributed by atoms with van der Waals surface area (Å²) in [6, 6.07) is 8.59. The Labute approximate surface area is 160 Å². The van der Waals surface area contributed by atoms with Gasteiger partial charge in [-0.3, -0.25) is 4.79 Å². The third kappa shape index (κ3) is 4.49. The topological polar surface area (TPSA) is 66.5 Å². The van der Waals surface area contributed by atoms with Crippen LogP contribution in [-0.4, -0.2) is 32.3 Å². The molecular formula is C17H19BrN2O3S2. The minimum Gasteiger partial charge on any atom is -0.336 e. The van der Waals surface area contributed by atoms with E-state index in [0.29, 0.717) is 0 Å². The first kappa shape index (κ1) is 18.6. The Kier molecular flexibility index (Phi) is 5.93. The zero-order chi connectivity index (χ0) is 17.9. The van der Waals surface area contributed by atoms with E-state index in [-0.39, 0.29) is 29.8 Å². The molecule has 0 aliphatic carbocycles. The van der Waals surface area contributed by atoms with E-state index in [1.54, 1.807) is 23.5 Å². The normalized spacial score (nSPS) is 17.8. The van der Waals surface area contributed by atoms with Gasteiger partial charge in [0.1, 0.15) is 0 Å². The van der Waals surface area contributed by atoms with Gasteiger partial charge in [0.2, 0.25) is 15.9 Å². The number of sulfonamides is 1. The van der Waals surface area contributed by atoms with Crippen molar-refractivity contribution in [2.45, 2.75) is 30.2 Å². The number of halogens is 1. The summed E-state index contributed by atoms with van der Waals surface area (Å²) >= 11 is 4.91. The first-order valence-corrected chi connectivity index (χ1v) is 11.3. The number of carbonyl (C=O) groups is 1. The zero-order valence-electron chi connectivity index (χ0n) is 13.5. The third-order valence-corrected chi connectivity index (χ3v) is 6.96. The molecule has 1 amide bonds. The Balaban J connectivity index is 1.56. The number of carbonyl (C=O) groups excluding carboxylic acids is 1. The Morgan fingerprint density at radius 3 is 2.72 bits per heavy atom. The summed E-state index contributed by atoms with van der Waals surface area (Å²) in [4.78, 5) is 14.6. The molecule has 0 saturated carbocycles. The highest BCUT2D eigenvalue weighted by Crippen LogP contribution is 2.33. The van der Waals surface area contributed by atoms with Gasteiger partial charge in [0.05, 0.1) is 10.9 Å². The van der Waals surface area contributed by atoms with Crippen molar-refractivity contribution in [2.75, 3.05) is 13.1 Å². The summed E-state index contributed by atoms with van der Waals surface area (Å²) in [5.74, 6) is -0.00722. The number of amides is 1. The van der Waals surface area contributed by atoms with E-state index < -0.39 is 10.0 Å². The maximum absolute atomic E-state index is 12.5. The minimum atomic E-state index is -3.59. The lowest BCUT2D eigenvalue weighted by atomic mass is 10.1. The van der Waals surface area contributed by atoms with Gasteiger partial charge in [-0.05, 0) is 59.5 Å². The molecule has 1 saturated heterocycles. The standard InChI is InChI=1S/C17H19BrN2O3S2/c18-14-3-5-15(6-4-14)25(22,23)19-9-7-17(21)20-10-1-2-16(20)13-8-11-24-12-13/h3-6,8,11-12,16,19H,1-2,7,9-10H2. The van der Waals surface area contributed by atoms with Crippen LogP contribution in [0.2, 0.25) is 0 Å². The number of nitrogens with one attached hydrogen (secondary N) is 1. The summed E-state index contributed by atoms with van der Waals surface area (Å²) < 4.78 is 27.8. The van der Waals surface area contributed by atoms with Crippen molar-refractivity contribution in [1.29, 1.82) is 0 Å². The average Bonchev–Trinajstić information content (AvgIpc) is 3.26. The highest BCUT2D eigenvalue weighted by Gasteiger charge is 2.29. The van der Waals surface area contributed by atoms with Crippen molar-refractivity contribution in [3.63, 3.8) is 0 Å². The van der Waals surface area contributed by atoms with Crippen molar-refractivity contribution in [2.24, 2.45) is 0 Å². The fourth-order valence-electron chi connectivity index (χ4n) is 3.01. The lowest BCUT2D eigenvalue weighted by Gasteiger charge is -2.24. The number of likely N-dealkylation sites (tertiary alicyclic amines) is 1. The van der Waals surface area contributed by atoms with E-state index in [2.05, 4.69) is 32.1 Å². The number of hydrogen-bond acceptors (Lipinski definition) is 4. The van der Waals surface area contributed by atoms with Gasteiger partial charge in [-0.15, -0.1) is 0 Å². The van der Waals surface area contributed by atoms with Crippen LogP contribution >= 0.6 is 27.3 Å². The van der Waals surface area contributed by atoms with Crippen LogP contribution in [0.15, 0.2) is 50.5 Å². The SMILES string of the molecule is O=C(CCNS(=O)(=O)c1ccc(Br)cc1)N1CCCC1c1ccsc1. The molecule has 1 aliphatic rings. The zero-order valence-corrected chi connectivity index (χ0v) is 16.7. The van der Waals surface area contributed by atoms with Crippen LogP contribution in [0.5, 0.6) is 0 Å². The van der Waals surface area contributed by atoms with Crippen LogP contribution in [0.3, 0.4) is 0 Å². The molecule has 1 unspecified atom stereocenters. The molecule has 1 N–H and O–H groups in total. The third-order valence-electron chi connectivity index (χ3n) is 4.26. The van der Waals surface area contributed by atoms with Crippen LogP contribution in [0, 0.1) is 0 Å². The number of thiophene rings is 1. The molecule has 5 nitrogen and oxygen atoms in total. The van der Waals surface area contributed by atoms with Gasteiger partial charge < -0.3 is 4.90 Å². The fraction of sp³-hybridized carbons (Fsp3) is 0.353. The molecule has 1 fully saturated rings. The molecule has 0 bridgehead atoms. The molecular weight excluding hydrogens is 424 g/mol. The largest absolute Gasteiger partial charge is 0.336 e. The maximum Gasteiger partial charge on any atom is 0.240 e. The van der Waals surface area contributed by atoms with Crippen molar-refractivity contribution >= 4 is 43.2 Å². The summed E-state index contributed by atoms with van der Waals surface area (Å²) in [5.41, 5.74) is 1.17. The van der Waals surface area contributed by atoms with E-state index in [1.165, 1.54) is 17.7 Å². The molecule has 0 spiro atoms. The number of benzene rings is 1. The van der Waals surface area contributed by atoms with E-state index in [4.69, 9.17) is 0 Å². The summed E-state index contributed by atoms with van der Waals surface area (Å²) in [6.45, 7) is 0.836. The monoisotopic (exact) mass is 442 g/mol. The molecule has 2 aromatic rings. The lowest BCUT2D eigenvalue weighted by molar-refractivity contribution is -0.131. The smallest absolute Gasteiger partial charge is 0.240 e. The number of hydrogen-bond donors (Lipinski definition) is 1. The summed E-state index contributed by atoms with van der Waals surface area (Å²) in [5, 5.41) is 4.09. The Morgan fingerprint density at radius 2 is 2.04 bits per heavy atom. The van der Waals surface area contributed by atoms with Gasteiger partial charge in [0, 0.05) is 24.0 Å². The van der Waals surface area contributed by atoms with Crippen molar-refractivity contribution < 1.29 is 13.2 Å². The predicted molar refractivity (Wildman–Crippen MR) is 102 cm³/mol. The molecule has 0 radical (unpaired) electrons. The van der Waals surface area contributed by atoms with Crippen molar-refractivity contribution in [1.82, 2.24) is 9.62 Å². The molecule has 25 heavy (non-hydrogen) atoms. The second kappa shape index (κ2) is 7.99. The van der Waals surface area contributed by atoms with E-state index in [0.717, 1.165) is 23.9 Å². The van der Waals surface area contributed by atoms with E-state index in [1.807, 2.05) is 10.3 Å². The molecule has 1 atom stereocenters. The predicted octanol–water partition coefficient (Wildman–Crippen LogP) is 3.54. The Hall–Kier alpha value is -1.22. The van der Waals surface area contributed by atoms with Gasteiger partial charge in [-0.2, -0.15) is 11.3 Å². The van der Waals surface area contributed by atoms with Gasteiger partial charge in [-0.25, -0.2) is 13.1 Å². The molecule has 1 aliphatic heterocycles. The molecule has 2 heterocycles. The first-order chi connectivity index (χ1) is 12.0. The van der Waals surface area contributed by atoms with Crippen molar-refractivity contribution in [3.05, 3.63) is 51.1 Å². The number of rotatable bonds is 6. The van der Waals surface area contributed by atoms with Crippen LogP contribution in [-0.2, 0) is 14.8 Å². The molecule has 3 rings (SSSR count). The van der Waals surface area contributed by atoms with Crippen LogP contribution in [0.25, 0.3) is 0 Å². The molecule has 1 aromatic heterocycles. The van der Waals surface area contributed by atoms with Gasteiger partial charge in [-0.1, -0.05) is 15.9 Å². The van der Waals surface area contributed by atoms with Crippen LogP contribution < -0.4 is 4.72 Å². The molecule has 8 heteroatoms. The van der Waals surface area contributed by atoms with Gasteiger partial charge >= 0.3 is 0 Å². The quantitative estimate of drug-likeness (QED) is 0.743. The highest BCUT2D eigenvalue weighted by atomic mass is 79.9. The minimum absolute atomic E-state index is 0.00722. The van der Waals surface area contributed by atoms with E-state index in [9.17, 15) is 13.2 Å². The fourth-order valence-corrected chi connectivity index (χ4v) is 5.01.